The van der Waals surface area contributed by atoms with Gasteiger partial charge >= 0.3 is 5.97 Å². The SMILES string of the molecule is COc1nc(C2=NN(c3ccc(C#N)c(C)c3)C(C3CC(F)(F)C3)C2)ccc1C(=O)O. The Labute approximate surface area is 177 Å². The fourth-order valence-electron chi connectivity index (χ4n) is 4.12. The van der Waals surface area contributed by atoms with Crippen molar-refractivity contribution in [3.05, 3.63) is 52.7 Å². The molecule has 1 N–H and O–H groups in total. The van der Waals surface area contributed by atoms with Crippen LogP contribution in [0.1, 0.15) is 46.4 Å². The van der Waals surface area contributed by atoms with Gasteiger partial charge in [-0.05, 0) is 48.7 Å². The number of aryl methyl sites for hydroxylation is 1. The Hall–Kier alpha value is -3.54. The first kappa shape index (κ1) is 20.7. The van der Waals surface area contributed by atoms with Crippen molar-refractivity contribution < 1.29 is 23.4 Å². The van der Waals surface area contributed by atoms with Gasteiger partial charge < -0.3 is 9.84 Å². The molecule has 1 aromatic heterocycles. The normalized spacial score (nSPS) is 20.0. The highest BCUT2D eigenvalue weighted by molar-refractivity contribution is 6.02. The third-order valence-electron chi connectivity index (χ3n) is 5.79. The summed E-state index contributed by atoms with van der Waals surface area (Å²) in [6, 6.07) is 10.0. The second-order valence-corrected chi connectivity index (χ2v) is 7.86. The van der Waals surface area contributed by atoms with Gasteiger partial charge in [0.05, 0.1) is 41.9 Å². The van der Waals surface area contributed by atoms with E-state index in [1.165, 1.54) is 13.2 Å². The van der Waals surface area contributed by atoms with E-state index >= 15 is 0 Å². The molecule has 1 aliphatic carbocycles. The molecule has 0 amide bonds. The number of ether oxygens (including phenoxy) is 1. The summed E-state index contributed by atoms with van der Waals surface area (Å²) in [5.41, 5.74) is 2.95. The van der Waals surface area contributed by atoms with Crippen LogP contribution in [-0.4, -0.2) is 40.8 Å². The summed E-state index contributed by atoms with van der Waals surface area (Å²) in [5.74, 6) is -4.10. The van der Waals surface area contributed by atoms with Crippen LogP contribution in [-0.2, 0) is 0 Å². The van der Waals surface area contributed by atoms with Crippen LogP contribution in [0.5, 0.6) is 5.88 Å². The Bertz CT molecular complexity index is 1120. The number of benzene rings is 1. The first-order valence-electron chi connectivity index (χ1n) is 9.76. The average molecular weight is 426 g/mol. The van der Waals surface area contributed by atoms with Crippen LogP contribution in [0.4, 0.5) is 14.5 Å². The zero-order chi connectivity index (χ0) is 22.3. The second-order valence-electron chi connectivity index (χ2n) is 7.86. The molecule has 1 aromatic carbocycles. The highest BCUT2D eigenvalue weighted by atomic mass is 19.3. The molecule has 0 radical (unpaired) electrons. The number of carboxylic acid groups (broad SMARTS) is 1. The minimum Gasteiger partial charge on any atom is -0.480 e. The van der Waals surface area contributed by atoms with E-state index in [4.69, 9.17) is 4.74 Å². The number of carbonyl (C=O) groups is 1. The van der Waals surface area contributed by atoms with E-state index in [-0.39, 0.29) is 36.2 Å². The van der Waals surface area contributed by atoms with Gasteiger partial charge in [-0.2, -0.15) is 10.4 Å². The quantitative estimate of drug-likeness (QED) is 0.776. The molecule has 0 spiro atoms. The van der Waals surface area contributed by atoms with Crippen molar-refractivity contribution in [1.82, 2.24) is 4.98 Å². The molecule has 2 aromatic rings. The fraction of sp³-hybridized carbons (Fsp3) is 0.364. The molecular weight excluding hydrogens is 406 g/mol. The Kier molecular flexibility index (Phi) is 5.09. The van der Waals surface area contributed by atoms with Gasteiger partial charge in [0.1, 0.15) is 5.56 Å². The van der Waals surface area contributed by atoms with Gasteiger partial charge in [0, 0.05) is 19.3 Å². The minimum atomic E-state index is -2.66. The molecule has 9 heteroatoms. The Morgan fingerprint density at radius 2 is 2.06 bits per heavy atom. The Morgan fingerprint density at radius 1 is 1.32 bits per heavy atom. The molecule has 1 unspecified atom stereocenters. The van der Waals surface area contributed by atoms with Crippen molar-refractivity contribution in [2.45, 2.75) is 38.2 Å². The topological polar surface area (TPSA) is 98.8 Å². The molecule has 7 nitrogen and oxygen atoms in total. The molecule has 0 bridgehead atoms. The van der Waals surface area contributed by atoms with Gasteiger partial charge in [-0.15, -0.1) is 0 Å². The average Bonchev–Trinajstić information content (AvgIpc) is 3.16. The van der Waals surface area contributed by atoms with Gasteiger partial charge in [-0.3, -0.25) is 5.01 Å². The maximum atomic E-state index is 13.6. The second kappa shape index (κ2) is 7.61. The van der Waals surface area contributed by atoms with E-state index in [9.17, 15) is 23.9 Å². The number of pyridine rings is 1. The van der Waals surface area contributed by atoms with E-state index in [2.05, 4.69) is 16.2 Å². The molecule has 2 aliphatic rings. The summed E-state index contributed by atoms with van der Waals surface area (Å²) in [4.78, 5) is 15.6. The van der Waals surface area contributed by atoms with Crippen molar-refractivity contribution in [1.29, 1.82) is 5.26 Å². The van der Waals surface area contributed by atoms with E-state index in [1.807, 2.05) is 13.0 Å². The van der Waals surface area contributed by atoms with Gasteiger partial charge in [0.25, 0.3) is 0 Å². The number of nitrogens with zero attached hydrogens (tertiary/aromatic N) is 4. The number of aromatic carboxylic acids is 1. The number of methoxy groups -OCH3 is 1. The molecule has 1 atom stereocenters. The first-order chi connectivity index (χ1) is 14.7. The summed E-state index contributed by atoms with van der Waals surface area (Å²) < 4.78 is 32.3. The number of hydrogen-bond acceptors (Lipinski definition) is 6. The van der Waals surface area contributed by atoms with Crippen LogP contribution in [0.15, 0.2) is 35.4 Å². The minimum absolute atomic E-state index is 0.0351. The molecule has 4 rings (SSSR count). The molecule has 0 saturated heterocycles. The van der Waals surface area contributed by atoms with Crippen LogP contribution >= 0.6 is 0 Å². The molecule has 1 fully saturated rings. The maximum Gasteiger partial charge on any atom is 0.341 e. The van der Waals surface area contributed by atoms with E-state index in [0.29, 0.717) is 29.1 Å². The fourth-order valence-corrected chi connectivity index (χ4v) is 4.12. The highest BCUT2D eigenvalue weighted by Crippen LogP contribution is 2.48. The number of hydrogen-bond donors (Lipinski definition) is 1. The molecule has 2 heterocycles. The third-order valence-corrected chi connectivity index (χ3v) is 5.79. The summed E-state index contributed by atoms with van der Waals surface area (Å²) in [6.45, 7) is 1.81. The lowest BCUT2D eigenvalue weighted by molar-refractivity contribution is -0.115. The van der Waals surface area contributed by atoms with Gasteiger partial charge in [-0.25, -0.2) is 18.6 Å². The number of carboxylic acids is 1. The van der Waals surface area contributed by atoms with Gasteiger partial charge in [0.15, 0.2) is 0 Å². The molecule has 160 valence electrons. The van der Waals surface area contributed by atoms with E-state index < -0.39 is 11.9 Å². The number of alkyl halides is 2. The largest absolute Gasteiger partial charge is 0.480 e. The summed E-state index contributed by atoms with van der Waals surface area (Å²) in [7, 11) is 1.33. The number of hydrazone groups is 1. The van der Waals surface area contributed by atoms with E-state index in [1.54, 1.807) is 23.2 Å². The van der Waals surface area contributed by atoms with Crippen LogP contribution in [0.25, 0.3) is 0 Å². The summed E-state index contributed by atoms with van der Waals surface area (Å²) in [6.07, 6.45) is -0.0236. The number of rotatable bonds is 5. The molecular formula is C22H20F2N4O3. The van der Waals surface area contributed by atoms with E-state index in [0.717, 1.165) is 5.56 Å². The maximum absolute atomic E-state index is 13.6. The van der Waals surface area contributed by atoms with Gasteiger partial charge in [0.2, 0.25) is 11.8 Å². The highest BCUT2D eigenvalue weighted by Gasteiger charge is 2.51. The lowest BCUT2D eigenvalue weighted by Crippen LogP contribution is -2.47. The van der Waals surface area contributed by atoms with Crippen LogP contribution in [0.2, 0.25) is 0 Å². The monoisotopic (exact) mass is 426 g/mol. The zero-order valence-electron chi connectivity index (χ0n) is 17.0. The predicted molar refractivity (Wildman–Crippen MR) is 109 cm³/mol. The van der Waals surface area contributed by atoms with Crippen molar-refractivity contribution in [3.8, 4) is 11.9 Å². The number of anilines is 1. The number of halogens is 2. The summed E-state index contributed by atoms with van der Waals surface area (Å²) in [5, 5.41) is 24.8. The molecule has 1 saturated carbocycles. The van der Waals surface area contributed by atoms with Crippen molar-refractivity contribution >= 4 is 17.4 Å². The number of nitriles is 1. The van der Waals surface area contributed by atoms with Crippen molar-refractivity contribution in [2.75, 3.05) is 12.1 Å². The molecule has 1 aliphatic heterocycles. The summed E-state index contributed by atoms with van der Waals surface area (Å²) >= 11 is 0. The van der Waals surface area contributed by atoms with Gasteiger partial charge in [-0.1, -0.05) is 0 Å². The number of aromatic nitrogens is 1. The third kappa shape index (κ3) is 3.81. The van der Waals surface area contributed by atoms with Crippen molar-refractivity contribution in [2.24, 2.45) is 11.0 Å². The van der Waals surface area contributed by atoms with Crippen LogP contribution < -0.4 is 9.75 Å². The van der Waals surface area contributed by atoms with Crippen LogP contribution in [0.3, 0.4) is 0 Å². The van der Waals surface area contributed by atoms with Crippen LogP contribution in [0, 0.1) is 24.2 Å². The predicted octanol–water partition coefficient (Wildman–Crippen LogP) is 4.00. The van der Waals surface area contributed by atoms with Crippen molar-refractivity contribution in [3.63, 3.8) is 0 Å². The Balaban J connectivity index is 1.71. The Morgan fingerprint density at radius 3 is 2.65 bits per heavy atom. The smallest absolute Gasteiger partial charge is 0.341 e. The first-order valence-corrected chi connectivity index (χ1v) is 9.76. The zero-order valence-corrected chi connectivity index (χ0v) is 17.0. The standard InChI is InChI=1S/C22H20F2N4O3/c1-12-7-15(4-3-13(12)11-25)28-19(14-9-22(23,24)10-14)8-18(27-28)17-6-5-16(21(29)30)20(26-17)31-2/h3-7,14,19H,8-10H2,1-2H3,(H,29,30). The molecule has 31 heavy (non-hydrogen) atoms. The lowest BCUT2D eigenvalue weighted by atomic mass is 9.75. The lowest BCUT2D eigenvalue weighted by Gasteiger charge is -2.41.